The van der Waals surface area contributed by atoms with E-state index in [-0.39, 0.29) is 17.6 Å². The molecule has 2 rings (SSSR count). The van der Waals surface area contributed by atoms with Gasteiger partial charge >= 0.3 is 12.1 Å². The second-order valence-corrected chi connectivity index (χ2v) is 5.07. The van der Waals surface area contributed by atoms with E-state index in [0.29, 0.717) is 13.1 Å². The van der Waals surface area contributed by atoms with Gasteiger partial charge in [0, 0.05) is 13.1 Å². The Hall–Kier alpha value is -0.790. The number of cyclic esters (lactones) is 2. The Morgan fingerprint density at radius 3 is 2.94 bits per heavy atom. The molecule has 3 unspecified atom stereocenters. The number of thioether (sulfide) groups is 1. The quantitative estimate of drug-likeness (QED) is 0.555. The van der Waals surface area contributed by atoms with Crippen molar-refractivity contribution in [3.63, 3.8) is 0 Å². The SMILES string of the molecule is CCCN1C(=O)OC(=O)C2CNC(SC)NC21. The van der Waals surface area contributed by atoms with Crippen molar-refractivity contribution in [3.05, 3.63) is 0 Å². The van der Waals surface area contributed by atoms with E-state index in [9.17, 15) is 9.59 Å². The number of nitrogens with zero attached hydrogens (tertiary/aromatic N) is 1. The van der Waals surface area contributed by atoms with Gasteiger partial charge in [-0.2, -0.15) is 0 Å². The highest BCUT2D eigenvalue weighted by atomic mass is 32.2. The van der Waals surface area contributed by atoms with Crippen LogP contribution in [0.25, 0.3) is 0 Å². The van der Waals surface area contributed by atoms with E-state index in [1.807, 2.05) is 13.2 Å². The summed E-state index contributed by atoms with van der Waals surface area (Å²) < 4.78 is 4.75. The molecule has 0 spiro atoms. The Morgan fingerprint density at radius 2 is 2.29 bits per heavy atom. The monoisotopic (exact) mass is 259 g/mol. The predicted octanol–water partition coefficient (Wildman–Crippen LogP) is 0.157. The number of nitrogens with one attached hydrogen (secondary N) is 2. The van der Waals surface area contributed by atoms with E-state index in [0.717, 1.165) is 6.42 Å². The second-order valence-electron chi connectivity index (χ2n) is 4.12. The summed E-state index contributed by atoms with van der Waals surface area (Å²) >= 11 is 1.61. The molecule has 0 bridgehead atoms. The number of carbonyl (C=O) groups is 2. The number of esters is 1. The van der Waals surface area contributed by atoms with Crippen molar-refractivity contribution in [1.82, 2.24) is 15.5 Å². The molecule has 1 amide bonds. The lowest BCUT2D eigenvalue weighted by Gasteiger charge is -2.44. The molecule has 2 fully saturated rings. The van der Waals surface area contributed by atoms with Crippen molar-refractivity contribution in [2.24, 2.45) is 5.92 Å². The minimum Gasteiger partial charge on any atom is -0.376 e. The number of fused-ring (bicyclic) bond motifs is 1. The van der Waals surface area contributed by atoms with Crippen LogP contribution in [-0.2, 0) is 9.53 Å². The number of rotatable bonds is 3. The number of ether oxygens (including phenoxy) is 1. The molecule has 2 N–H and O–H groups in total. The minimum atomic E-state index is -0.535. The largest absolute Gasteiger partial charge is 0.418 e. The zero-order valence-electron chi connectivity index (χ0n) is 9.93. The lowest BCUT2D eigenvalue weighted by Crippen LogP contribution is -2.69. The van der Waals surface area contributed by atoms with Crippen LogP contribution in [0.4, 0.5) is 4.79 Å². The Kier molecular flexibility index (Phi) is 3.90. The maximum Gasteiger partial charge on any atom is 0.418 e. The third kappa shape index (κ3) is 2.41. The third-order valence-corrected chi connectivity index (χ3v) is 3.76. The van der Waals surface area contributed by atoms with Gasteiger partial charge in [0.15, 0.2) is 0 Å². The molecule has 2 aliphatic heterocycles. The van der Waals surface area contributed by atoms with Gasteiger partial charge in [-0.15, -0.1) is 11.8 Å². The first-order valence-corrected chi connectivity index (χ1v) is 7.00. The van der Waals surface area contributed by atoms with Gasteiger partial charge in [-0.25, -0.2) is 4.79 Å². The lowest BCUT2D eigenvalue weighted by atomic mass is 10.0. The lowest BCUT2D eigenvalue weighted by molar-refractivity contribution is -0.153. The van der Waals surface area contributed by atoms with E-state index >= 15 is 0 Å². The number of hydrogen-bond acceptors (Lipinski definition) is 6. The van der Waals surface area contributed by atoms with Crippen molar-refractivity contribution < 1.29 is 14.3 Å². The molecule has 3 atom stereocenters. The number of amides is 1. The van der Waals surface area contributed by atoms with E-state index in [1.54, 1.807) is 16.7 Å². The Labute approximate surface area is 104 Å². The van der Waals surface area contributed by atoms with Crippen molar-refractivity contribution in [1.29, 1.82) is 0 Å². The zero-order chi connectivity index (χ0) is 12.4. The summed E-state index contributed by atoms with van der Waals surface area (Å²) in [6.45, 7) is 3.13. The molecule has 6 nitrogen and oxygen atoms in total. The van der Waals surface area contributed by atoms with Gasteiger partial charge < -0.3 is 4.74 Å². The summed E-state index contributed by atoms with van der Waals surface area (Å²) in [5.41, 5.74) is 0.0642. The van der Waals surface area contributed by atoms with E-state index in [4.69, 9.17) is 4.74 Å². The Bertz CT molecular complexity index is 326. The van der Waals surface area contributed by atoms with Crippen LogP contribution in [0, 0.1) is 5.92 Å². The summed E-state index contributed by atoms with van der Waals surface area (Å²) in [4.78, 5) is 24.9. The van der Waals surface area contributed by atoms with Gasteiger partial charge in [0.2, 0.25) is 0 Å². The van der Waals surface area contributed by atoms with Crippen LogP contribution in [0.2, 0.25) is 0 Å². The van der Waals surface area contributed by atoms with Crippen molar-refractivity contribution in [2.45, 2.75) is 25.0 Å². The van der Waals surface area contributed by atoms with Gasteiger partial charge in [-0.3, -0.25) is 20.3 Å². The van der Waals surface area contributed by atoms with Crippen LogP contribution in [0.3, 0.4) is 0 Å². The van der Waals surface area contributed by atoms with Crippen LogP contribution < -0.4 is 10.6 Å². The van der Waals surface area contributed by atoms with Gasteiger partial charge in [-0.1, -0.05) is 6.92 Å². The third-order valence-electron chi connectivity index (χ3n) is 2.99. The van der Waals surface area contributed by atoms with Crippen molar-refractivity contribution in [3.8, 4) is 0 Å². The zero-order valence-corrected chi connectivity index (χ0v) is 10.8. The van der Waals surface area contributed by atoms with Crippen LogP contribution >= 0.6 is 11.8 Å². The fourth-order valence-corrected chi connectivity index (χ4v) is 2.69. The standard InChI is InChI=1S/C10H17N3O3S/c1-3-4-13-7-6(8(14)16-10(13)15)5-11-9(12-7)17-2/h6-7,9,11-12H,3-5H2,1-2H3. The summed E-state index contributed by atoms with van der Waals surface area (Å²) in [5, 5.41) is 6.45. The molecule has 0 aromatic rings. The molecule has 0 aliphatic carbocycles. The average molecular weight is 259 g/mol. The normalized spacial score (nSPS) is 33.3. The maximum absolute atomic E-state index is 11.7. The first kappa shape index (κ1) is 12.7. The number of hydrogen-bond donors (Lipinski definition) is 2. The topological polar surface area (TPSA) is 70.7 Å². The second kappa shape index (κ2) is 5.24. The first-order valence-electron chi connectivity index (χ1n) is 5.72. The smallest absolute Gasteiger partial charge is 0.376 e. The fourth-order valence-electron chi connectivity index (χ4n) is 2.15. The highest BCUT2D eigenvalue weighted by Gasteiger charge is 2.45. The highest BCUT2D eigenvalue weighted by molar-refractivity contribution is 7.99. The molecule has 0 radical (unpaired) electrons. The van der Waals surface area contributed by atoms with Gasteiger partial charge in [0.05, 0.1) is 0 Å². The average Bonchev–Trinajstić information content (AvgIpc) is 2.33. The molecule has 0 aromatic heterocycles. The van der Waals surface area contributed by atoms with Crippen LogP contribution in [-0.4, -0.2) is 48.0 Å². The molecule has 2 aliphatic rings. The Morgan fingerprint density at radius 1 is 1.53 bits per heavy atom. The summed E-state index contributed by atoms with van der Waals surface area (Å²) in [6.07, 6.45) is 2.03. The molecular formula is C10H17N3O3S. The van der Waals surface area contributed by atoms with E-state index in [1.165, 1.54) is 0 Å². The van der Waals surface area contributed by atoms with Gasteiger partial charge in [-0.05, 0) is 12.7 Å². The van der Waals surface area contributed by atoms with Gasteiger partial charge in [0.25, 0.3) is 0 Å². The van der Waals surface area contributed by atoms with Crippen molar-refractivity contribution in [2.75, 3.05) is 19.3 Å². The Balaban J connectivity index is 2.15. The summed E-state index contributed by atoms with van der Waals surface area (Å²) in [7, 11) is 0. The van der Waals surface area contributed by atoms with Crippen molar-refractivity contribution >= 4 is 23.8 Å². The van der Waals surface area contributed by atoms with Crippen LogP contribution in [0.5, 0.6) is 0 Å². The first-order chi connectivity index (χ1) is 8.17. The van der Waals surface area contributed by atoms with Crippen LogP contribution in [0.15, 0.2) is 0 Å². The number of carbonyl (C=O) groups excluding carboxylic acids is 2. The molecule has 17 heavy (non-hydrogen) atoms. The molecule has 0 aromatic carbocycles. The summed E-state index contributed by atoms with van der Waals surface area (Å²) in [6, 6.07) is 0. The molecular weight excluding hydrogens is 242 g/mol. The molecule has 96 valence electrons. The van der Waals surface area contributed by atoms with E-state index in [2.05, 4.69) is 10.6 Å². The highest BCUT2D eigenvalue weighted by Crippen LogP contribution is 2.23. The molecule has 0 saturated carbocycles. The molecule has 2 saturated heterocycles. The maximum atomic E-state index is 11.7. The summed E-state index contributed by atoms with van der Waals surface area (Å²) in [5.74, 6) is -0.755. The predicted molar refractivity (Wildman–Crippen MR) is 64.2 cm³/mol. The molecule has 2 heterocycles. The molecule has 7 heteroatoms. The van der Waals surface area contributed by atoms with E-state index < -0.39 is 12.1 Å². The fraction of sp³-hybridized carbons (Fsp3) is 0.800. The van der Waals surface area contributed by atoms with Gasteiger partial charge in [0.1, 0.15) is 17.6 Å². The minimum absolute atomic E-state index is 0.0642. The van der Waals surface area contributed by atoms with Crippen LogP contribution in [0.1, 0.15) is 13.3 Å².